The molecular formula is C26H31O3P. The lowest BCUT2D eigenvalue weighted by atomic mass is 9.99. The molecule has 3 aromatic rings. The minimum atomic E-state index is -3.51. The second-order valence-corrected chi connectivity index (χ2v) is 10.0. The Bertz CT molecular complexity index is 1020. The van der Waals surface area contributed by atoms with Gasteiger partial charge in [0.25, 0.3) is 0 Å². The number of benzene rings is 3. The maximum absolute atomic E-state index is 13.9. The molecule has 3 rings (SSSR count). The van der Waals surface area contributed by atoms with E-state index in [9.17, 15) is 4.57 Å². The number of hydrogen-bond donors (Lipinski definition) is 0. The molecule has 0 aromatic heterocycles. The first-order valence-corrected chi connectivity index (χ1v) is 11.8. The molecule has 0 saturated carbocycles. The zero-order valence-electron chi connectivity index (χ0n) is 18.8. The summed E-state index contributed by atoms with van der Waals surface area (Å²) in [5.41, 5.74) is 9.11. The lowest BCUT2D eigenvalue weighted by molar-refractivity contribution is 0.199. The third kappa shape index (κ3) is 4.75. The maximum atomic E-state index is 13.9. The molecule has 0 fully saturated rings. The summed E-state index contributed by atoms with van der Waals surface area (Å²) in [6.45, 7) is 12.9. The Morgan fingerprint density at radius 3 is 1.43 bits per heavy atom. The molecule has 0 spiro atoms. The van der Waals surface area contributed by atoms with E-state index in [1.807, 2.05) is 30.3 Å². The van der Waals surface area contributed by atoms with Gasteiger partial charge in [0.1, 0.15) is 0 Å². The average molecular weight is 423 g/mol. The highest BCUT2D eigenvalue weighted by atomic mass is 31.2. The summed E-state index contributed by atoms with van der Waals surface area (Å²) in [5.74, 6) is 0. The van der Waals surface area contributed by atoms with Gasteiger partial charge in [-0.2, -0.15) is 0 Å². The molecule has 0 unspecified atom stereocenters. The van der Waals surface area contributed by atoms with E-state index in [1.54, 1.807) is 0 Å². The lowest BCUT2D eigenvalue weighted by Gasteiger charge is -2.22. The van der Waals surface area contributed by atoms with Crippen LogP contribution in [-0.4, -0.2) is 0 Å². The Balaban J connectivity index is 1.91. The van der Waals surface area contributed by atoms with E-state index in [4.69, 9.17) is 9.05 Å². The summed E-state index contributed by atoms with van der Waals surface area (Å²) in [5, 5.41) is 0.580. The number of hydrogen-bond acceptors (Lipinski definition) is 3. The molecule has 0 radical (unpaired) electrons. The molecule has 0 aliphatic carbocycles. The van der Waals surface area contributed by atoms with Gasteiger partial charge in [-0.1, -0.05) is 42.5 Å². The predicted octanol–water partition coefficient (Wildman–Crippen LogP) is 6.79. The van der Waals surface area contributed by atoms with Gasteiger partial charge in [0, 0.05) is 0 Å². The number of rotatable bonds is 7. The highest BCUT2D eigenvalue weighted by Crippen LogP contribution is 2.49. The SMILES string of the molecule is Cc1ccc(C)c(COP(=O)(OCc2c(C)ccc(C)c2C)c2ccccc2)c1C. The van der Waals surface area contributed by atoms with Gasteiger partial charge in [0.2, 0.25) is 0 Å². The fourth-order valence-electron chi connectivity index (χ4n) is 3.56. The van der Waals surface area contributed by atoms with Gasteiger partial charge in [0.15, 0.2) is 0 Å². The van der Waals surface area contributed by atoms with Crippen LogP contribution < -0.4 is 5.30 Å². The van der Waals surface area contributed by atoms with E-state index < -0.39 is 7.60 Å². The van der Waals surface area contributed by atoms with Crippen molar-refractivity contribution >= 4 is 12.9 Å². The molecule has 0 N–H and O–H groups in total. The molecular weight excluding hydrogens is 391 g/mol. The third-order valence-corrected chi connectivity index (χ3v) is 7.91. The van der Waals surface area contributed by atoms with Crippen molar-refractivity contribution in [2.45, 2.75) is 54.8 Å². The molecule has 0 bridgehead atoms. The lowest BCUT2D eigenvalue weighted by Crippen LogP contribution is -2.12. The van der Waals surface area contributed by atoms with E-state index in [0.29, 0.717) is 5.30 Å². The Morgan fingerprint density at radius 1 is 0.600 bits per heavy atom. The average Bonchev–Trinajstić information content (AvgIpc) is 2.74. The molecule has 0 atom stereocenters. The van der Waals surface area contributed by atoms with Crippen molar-refractivity contribution in [3.63, 3.8) is 0 Å². The van der Waals surface area contributed by atoms with Crippen LogP contribution in [0.25, 0.3) is 0 Å². The van der Waals surface area contributed by atoms with Crippen LogP contribution in [0.1, 0.15) is 44.5 Å². The van der Waals surface area contributed by atoms with Gasteiger partial charge in [-0.3, -0.25) is 4.57 Å². The molecule has 0 amide bonds. The third-order valence-electron chi connectivity index (χ3n) is 6.04. The fourth-order valence-corrected chi connectivity index (χ4v) is 5.07. The Hall–Kier alpha value is -2.19. The molecule has 0 saturated heterocycles. The molecule has 4 heteroatoms. The summed E-state index contributed by atoms with van der Waals surface area (Å²) in [4.78, 5) is 0. The van der Waals surface area contributed by atoms with E-state index in [2.05, 4.69) is 65.8 Å². The van der Waals surface area contributed by atoms with Gasteiger partial charge in [-0.05, 0) is 98.2 Å². The van der Waals surface area contributed by atoms with Gasteiger partial charge in [0.05, 0.1) is 18.5 Å². The minimum Gasteiger partial charge on any atom is -0.300 e. The van der Waals surface area contributed by atoms with Gasteiger partial charge in [-0.25, -0.2) is 0 Å². The van der Waals surface area contributed by atoms with Crippen molar-refractivity contribution in [3.05, 3.63) is 99.1 Å². The topological polar surface area (TPSA) is 35.5 Å². The Morgan fingerprint density at radius 2 is 1.00 bits per heavy atom. The highest BCUT2D eigenvalue weighted by Gasteiger charge is 2.29. The number of aryl methyl sites for hydroxylation is 4. The summed E-state index contributed by atoms with van der Waals surface area (Å²) in [6.07, 6.45) is 0. The van der Waals surface area contributed by atoms with E-state index in [0.717, 1.165) is 22.3 Å². The van der Waals surface area contributed by atoms with Crippen LogP contribution in [0.4, 0.5) is 0 Å². The summed E-state index contributed by atoms with van der Waals surface area (Å²) in [7, 11) is -3.51. The molecule has 0 aliphatic heterocycles. The quantitative estimate of drug-likeness (QED) is 0.393. The standard InChI is InChI=1S/C26H31O3P/c1-18-12-14-20(3)25(22(18)5)16-28-30(27,24-10-8-7-9-11-24)29-17-26-21(4)15-13-19(2)23(26)6/h7-15H,16-17H2,1-6H3. The monoisotopic (exact) mass is 422 g/mol. The van der Waals surface area contributed by atoms with Gasteiger partial charge in [-0.15, -0.1) is 0 Å². The molecule has 0 heterocycles. The van der Waals surface area contributed by atoms with Crippen LogP contribution in [0.15, 0.2) is 54.6 Å². The molecule has 158 valence electrons. The highest BCUT2D eigenvalue weighted by molar-refractivity contribution is 7.62. The van der Waals surface area contributed by atoms with Crippen molar-refractivity contribution in [1.82, 2.24) is 0 Å². The van der Waals surface area contributed by atoms with Crippen molar-refractivity contribution in [2.24, 2.45) is 0 Å². The van der Waals surface area contributed by atoms with Crippen molar-refractivity contribution < 1.29 is 13.6 Å². The van der Waals surface area contributed by atoms with Crippen LogP contribution in [-0.2, 0) is 26.8 Å². The second kappa shape index (κ2) is 9.31. The molecule has 3 nitrogen and oxygen atoms in total. The summed E-state index contributed by atoms with van der Waals surface area (Å²) < 4.78 is 26.1. The molecule has 3 aromatic carbocycles. The van der Waals surface area contributed by atoms with Crippen LogP contribution in [0, 0.1) is 41.5 Å². The van der Waals surface area contributed by atoms with E-state index >= 15 is 0 Å². The smallest absolute Gasteiger partial charge is 0.300 e. The normalized spacial score (nSPS) is 11.7. The Kier molecular flexibility index (Phi) is 6.98. The minimum absolute atomic E-state index is 0.247. The van der Waals surface area contributed by atoms with Crippen molar-refractivity contribution in [2.75, 3.05) is 0 Å². The zero-order valence-corrected chi connectivity index (χ0v) is 19.7. The van der Waals surface area contributed by atoms with Crippen LogP contribution >= 0.6 is 7.60 Å². The summed E-state index contributed by atoms with van der Waals surface area (Å²) >= 11 is 0. The van der Waals surface area contributed by atoms with Crippen molar-refractivity contribution in [3.8, 4) is 0 Å². The van der Waals surface area contributed by atoms with E-state index in [-0.39, 0.29) is 13.2 Å². The predicted molar refractivity (Wildman–Crippen MR) is 125 cm³/mol. The first-order valence-electron chi connectivity index (χ1n) is 10.3. The van der Waals surface area contributed by atoms with E-state index in [1.165, 1.54) is 22.3 Å². The summed E-state index contributed by atoms with van der Waals surface area (Å²) in [6, 6.07) is 17.6. The van der Waals surface area contributed by atoms with Gasteiger partial charge >= 0.3 is 7.60 Å². The van der Waals surface area contributed by atoms with Crippen molar-refractivity contribution in [1.29, 1.82) is 0 Å². The van der Waals surface area contributed by atoms with Crippen LogP contribution in [0.5, 0.6) is 0 Å². The second-order valence-electron chi connectivity index (χ2n) is 7.99. The zero-order chi connectivity index (χ0) is 21.9. The van der Waals surface area contributed by atoms with Crippen LogP contribution in [0.2, 0.25) is 0 Å². The molecule has 0 aliphatic rings. The molecule has 30 heavy (non-hydrogen) atoms. The first kappa shape index (κ1) is 22.5. The van der Waals surface area contributed by atoms with Crippen LogP contribution in [0.3, 0.4) is 0 Å². The maximum Gasteiger partial charge on any atom is 0.361 e. The Labute approximate surface area is 180 Å². The largest absolute Gasteiger partial charge is 0.361 e. The fraction of sp³-hybridized carbons (Fsp3) is 0.308. The van der Waals surface area contributed by atoms with Gasteiger partial charge < -0.3 is 9.05 Å². The first-order chi connectivity index (χ1) is 14.2.